The maximum Gasteiger partial charge on any atom is 0.263 e. The van der Waals surface area contributed by atoms with Crippen LogP contribution in [0.1, 0.15) is 16.8 Å². The third-order valence-corrected chi connectivity index (χ3v) is 4.83. The number of carbonyl (C=O) groups excluding carboxylic acids is 1. The Bertz CT molecular complexity index is 556. The summed E-state index contributed by atoms with van der Waals surface area (Å²) >= 11 is 1.89. The zero-order valence-corrected chi connectivity index (χ0v) is 13.7. The highest BCUT2D eigenvalue weighted by Crippen LogP contribution is 2.18. The molecule has 116 valence electrons. The highest BCUT2D eigenvalue weighted by atomic mass is 32.2. The molecule has 2 rings (SSSR count). The summed E-state index contributed by atoms with van der Waals surface area (Å²) in [5.74, 6) is 1.86. The van der Waals surface area contributed by atoms with Gasteiger partial charge in [-0.1, -0.05) is 0 Å². The highest BCUT2D eigenvalue weighted by molar-refractivity contribution is 7.99. The van der Waals surface area contributed by atoms with E-state index in [1.807, 2.05) is 30.8 Å². The molecule has 1 amide bonds. The number of rotatable bonds is 3. The van der Waals surface area contributed by atoms with E-state index in [0.29, 0.717) is 0 Å². The molecule has 0 N–H and O–H groups in total. The van der Waals surface area contributed by atoms with Gasteiger partial charge in [0.2, 0.25) is 0 Å². The summed E-state index contributed by atoms with van der Waals surface area (Å²) in [6, 6.07) is 3.54. The quantitative estimate of drug-likeness (QED) is 0.832. The van der Waals surface area contributed by atoms with E-state index in [1.54, 1.807) is 25.4 Å². The molecule has 0 aliphatic carbocycles. The fraction of sp³-hybridized carbons (Fsp3) is 0.600. The molecule has 6 heteroatoms. The van der Waals surface area contributed by atoms with E-state index >= 15 is 0 Å². The molecule has 1 unspecified atom stereocenters. The normalized spacial score (nSPS) is 19.6. The van der Waals surface area contributed by atoms with Crippen LogP contribution >= 0.6 is 11.8 Å². The van der Waals surface area contributed by atoms with Gasteiger partial charge in [-0.05, 0) is 38.4 Å². The minimum absolute atomic E-state index is 0.134. The third kappa shape index (κ3) is 3.89. The van der Waals surface area contributed by atoms with Gasteiger partial charge in [0.25, 0.3) is 11.5 Å². The Hall–Kier alpha value is -1.27. The van der Waals surface area contributed by atoms with E-state index in [2.05, 4.69) is 4.90 Å². The van der Waals surface area contributed by atoms with Crippen LogP contribution in [-0.4, -0.2) is 65.0 Å². The molecule has 21 heavy (non-hydrogen) atoms. The molecule has 0 spiro atoms. The van der Waals surface area contributed by atoms with Gasteiger partial charge in [0.15, 0.2) is 0 Å². The predicted octanol–water partition coefficient (Wildman–Crippen LogP) is 0.895. The molecular formula is C15H23N3O2S. The molecule has 1 aliphatic heterocycles. The standard InChI is InChI=1S/C15H23N3O2S/c1-16(2)10-12-11-21-9-5-8-18(12)15(20)13-6-4-7-17(3)14(13)19/h4,6-7,12H,5,8-11H2,1-3H3. The van der Waals surface area contributed by atoms with Gasteiger partial charge in [0.1, 0.15) is 5.56 Å². The Morgan fingerprint density at radius 2 is 2.24 bits per heavy atom. The summed E-state index contributed by atoms with van der Waals surface area (Å²) in [4.78, 5) is 29.0. The van der Waals surface area contributed by atoms with Crippen LogP contribution in [0.5, 0.6) is 0 Å². The third-order valence-electron chi connectivity index (χ3n) is 3.63. The number of amides is 1. The van der Waals surface area contributed by atoms with Gasteiger partial charge in [0.05, 0.1) is 6.04 Å². The van der Waals surface area contributed by atoms with E-state index in [-0.39, 0.29) is 23.1 Å². The molecule has 1 aromatic rings. The van der Waals surface area contributed by atoms with Gasteiger partial charge in [-0.15, -0.1) is 0 Å². The average Bonchev–Trinajstić information content (AvgIpc) is 2.66. The highest BCUT2D eigenvalue weighted by Gasteiger charge is 2.28. The molecule has 0 aromatic carbocycles. The van der Waals surface area contributed by atoms with Gasteiger partial charge in [0, 0.05) is 32.1 Å². The summed E-state index contributed by atoms with van der Waals surface area (Å²) < 4.78 is 1.46. The van der Waals surface area contributed by atoms with Gasteiger partial charge in [-0.25, -0.2) is 0 Å². The number of hydrogen-bond donors (Lipinski definition) is 0. The number of aryl methyl sites for hydroxylation is 1. The van der Waals surface area contributed by atoms with Crippen molar-refractivity contribution in [1.82, 2.24) is 14.4 Å². The van der Waals surface area contributed by atoms with Crippen molar-refractivity contribution in [3.8, 4) is 0 Å². The van der Waals surface area contributed by atoms with E-state index < -0.39 is 0 Å². The SMILES string of the molecule is CN(C)CC1CSCCCN1C(=O)c1cccn(C)c1=O. The first-order chi connectivity index (χ1) is 10.0. The van der Waals surface area contributed by atoms with Crippen LogP contribution in [0.4, 0.5) is 0 Å². The van der Waals surface area contributed by atoms with Gasteiger partial charge >= 0.3 is 0 Å². The topological polar surface area (TPSA) is 45.5 Å². The fourth-order valence-corrected chi connectivity index (χ4v) is 3.64. The second-order valence-electron chi connectivity index (χ2n) is 5.68. The Kier molecular flexibility index (Phi) is 5.47. The van der Waals surface area contributed by atoms with Crippen molar-refractivity contribution >= 4 is 17.7 Å². The predicted molar refractivity (Wildman–Crippen MR) is 87.0 cm³/mol. The summed E-state index contributed by atoms with van der Waals surface area (Å²) in [7, 11) is 5.70. The van der Waals surface area contributed by atoms with E-state index in [0.717, 1.165) is 31.0 Å². The van der Waals surface area contributed by atoms with Crippen molar-refractivity contribution < 1.29 is 4.79 Å². The summed E-state index contributed by atoms with van der Waals surface area (Å²) in [5.41, 5.74) is 0.0543. The zero-order valence-electron chi connectivity index (χ0n) is 12.9. The zero-order chi connectivity index (χ0) is 15.4. The van der Waals surface area contributed by atoms with Gasteiger partial charge in [-0.2, -0.15) is 11.8 Å². The lowest BCUT2D eigenvalue weighted by Gasteiger charge is -2.31. The molecule has 0 saturated carbocycles. The molecule has 1 saturated heterocycles. The lowest BCUT2D eigenvalue weighted by Crippen LogP contribution is -2.48. The maximum atomic E-state index is 12.8. The Balaban J connectivity index is 2.28. The average molecular weight is 309 g/mol. The second-order valence-corrected chi connectivity index (χ2v) is 6.83. The van der Waals surface area contributed by atoms with Crippen LogP contribution in [0.2, 0.25) is 0 Å². The van der Waals surface area contributed by atoms with Gasteiger partial charge < -0.3 is 14.4 Å². The monoisotopic (exact) mass is 309 g/mol. The number of hydrogen-bond acceptors (Lipinski definition) is 4. The Morgan fingerprint density at radius 3 is 2.95 bits per heavy atom. The molecule has 0 radical (unpaired) electrons. The minimum Gasteiger partial charge on any atom is -0.333 e. The van der Waals surface area contributed by atoms with Crippen LogP contribution < -0.4 is 5.56 Å². The second kappa shape index (κ2) is 7.13. The summed E-state index contributed by atoms with van der Waals surface area (Å²) in [6.07, 6.45) is 2.65. The van der Waals surface area contributed by atoms with Crippen LogP contribution in [0.25, 0.3) is 0 Å². The van der Waals surface area contributed by atoms with E-state index in [9.17, 15) is 9.59 Å². The van der Waals surface area contributed by atoms with Gasteiger partial charge in [-0.3, -0.25) is 9.59 Å². The molecule has 1 atom stereocenters. The summed E-state index contributed by atoms with van der Waals surface area (Å²) in [5, 5.41) is 0. The number of pyridine rings is 1. The number of thioether (sulfide) groups is 1. The fourth-order valence-electron chi connectivity index (χ4n) is 2.58. The van der Waals surface area contributed by atoms with Crippen molar-refractivity contribution in [3.05, 3.63) is 34.2 Å². The van der Waals surface area contributed by atoms with Crippen molar-refractivity contribution in [3.63, 3.8) is 0 Å². The van der Waals surface area contributed by atoms with Crippen LogP contribution in [0.3, 0.4) is 0 Å². The van der Waals surface area contributed by atoms with Crippen LogP contribution in [-0.2, 0) is 7.05 Å². The van der Waals surface area contributed by atoms with Crippen LogP contribution in [0.15, 0.2) is 23.1 Å². The van der Waals surface area contributed by atoms with Crippen molar-refractivity contribution in [1.29, 1.82) is 0 Å². The molecule has 0 bridgehead atoms. The molecule has 5 nitrogen and oxygen atoms in total. The first-order valence-electron chi connectivity index (χ1n) is 7.20. The van der Waals surface area contributed by atoms with Crippen molar-refractivity contribution in [2.75, 3.05) is 38.7 Å². The molecule has 1 fully saturated rings. The van der Waals surface area contributed by atoms with Crippen molar-refractivity contribution in [2.24, 2.45) is 7.05 Å². The number of aromatic nitrogens is 1. The largest absolute Gasteiger partial charge is 0.333 e. The molecule has 2 heterocycles. The lowest BCUT2D eigenvalue weighted by molar-refractivity contribution is 0.0673. The Labute approximate surface area is 129 Å². The number of carbonyl (C=O) groups is 1. The first kappa shape index (κ1) is 16.1. The Morgan fingerprint density at radius 1 is 1.48 bits per heavy atom. The molecule has 1 aliphatic rings. The van der Waals surface area contributed by atoms with E-state index in [4.69, 9.17) is 0 Å². The smallest absolute Gasteiger partial charge is 0.263 e. The first-order valence-corrected chi connectivity index (χ1v) is 8.35. The van der Waals surface area contributed by atoms with Crippen LogP contribution in [0, 0.1) is 0 Å². The number of nitrogens with zero attached hydrogens (tertiary/aromatic N) is 3. The van der Waals surface area contributed by atoms with E-state index in [1.165, 1.54) is 4.57 Å². The molecule has 1 aromatic heterocycles. The van der Waals surface area contributed by atoms with Crippen molar-refractivity contribution in [2.45, 2.75) is 12.5 Å². The maximum absolute atomic E-state index is 12.8. The minimum atomic E-state index is -0.219. The molecular weight excluding hydrogens is 286 g/mol. The lowest BCUT2D eigenvalue weighted by atomic mass is 10.1. The summed E-state index contributed by atoms with van der Waals surface area (Å²) in [6.45, 7) is 1.55. The number of likely N-dealkylation sites (N-methyl/N-ethyl adjacent to an activating group) is 1.